The minimum absolute atomic E-state index is 0.145. The lowest BCUT2D eigenvalue weighted by Crippen LogP contribution is -2.59. The molecule has 0 atom stereocenters. The van der Waals surface area contributed by atoms with E-state index in [9.17, 15) is 45.6 Å². The number of nitrogens with zero attached hydrogens (tertiary/aromatic N) is 3. The van der Waals surface area contributed by atoms with Gasteiger partial charge < -0.3 is 5.32 Å². The number of amides is 1. The molecule has 1 heterocycles. The van der Waals surface area contributed by atoms with E-state index in [0.717, 1.165) is 25.1 Å². The first-order chi connectivity index (χ1) is 17.1. The summed E-state index contributed by atoms with van der Waals surface area (Å²) in [6.07, 6.45) is -11.0. The SMILES string of the molecule is CCc1cc(C(n2cc(Cl)cn2)(C(F)(F)F)C(F)(F)F)cc(C)c1NC(=O)c1cccc([N+](=O)[O-])c1F. The van der Waals surface area contributed by atoms with Crippen molar-refractivity contribution in [3.63, 3.8) is 0 Å². The molecule has 1 amide bonds. The topological polar surface area (TPSA) is 90.1 Å². The highest BCUT2D eigenvalue weighted by Crippen LogP contribution is 2.53. The highest BCUT2D eigenvalue weighted by Gasteiger charge is 2.74. The Bertz CT molecular complexity index is 1360. The van der Waals surface area contributed by atoms with Crippen LogP contribution < -0.4 is 5.32 Å². The van der Waals surface area contributed by atoms with Crippen LogP contribution in [0.15, 0.2) is 42.7 Å². The van der Waals surface area contributed by atoms with Crippen molar-refractivity contribution in [3.8, 4) is 0 Å². The van der Waals surface area contributed by atoms with Crippen LogP contribution in [0.3, 0.4) is 0 Å². The molecule has 0 bridgehead atoms. The fraction of sp³-hybridized carbons (Fsp3) is 0.273. The summed E-state index contributed by atoms with van der Waals surface area (Å²) in [6, 6.07) is 3.99. The van der Waals surface area contributed by atoms with Crippen molar-refractivity contribution in [2.24, 2.45) is 0 Å². The number of hydrogen-bond donors (Lipinski definition) is 1. The molecule has 198 valence electrons. The third-order valence-electron chi connectivity index (χ3n) is 5.59. The van der Waals surface area contributed by atoms with Crippen molar-refractivity contribution in [1.82, 2.24) is 9.78 Å². The Kier molecular flexibility index (Phi) is 7.28. The molecule has 0 aliphatic rings. The Balaban J connectivity index is 2.21. The Morgan fingerprint density at radius 2 is 1.78 bits per heavy atom. The minimum Gasteiger partial charge on any atom is -0.321 e. The highest BCUT2D eigenvalue weighted by molar-refractivity contribution is 6.30. The zero-order valence-electron chi connectivity index (χ0n) is 18.8. The van der Waals surface area contributed by atoms with Crippen molar-refractivity contribution < 1.29 is 40.5 Å². The van der Waals surface area contributed by atoms with Crippen molar-refractivity contribution in [3.05, 3.63) is 85.9 Å². The molecule has 15 heteroatoms. The second-order valence-electron chi connectivity index (χ2n) is 7.84. The van der Waals surface area contributed by atoms with E-state index in [2.05, 4.69) is 10.4 Å². The van der Waals surface area contributed by atoms with Crippen LogP contribution in [0.2, 0.25) is 5.02 Å². The lowest BCUT2D eigenvalue weighted by Gasteiger charge is -2.38. The second kappa shape index (κ2) is 9.65. The van der Waals surface area contributed by atoms with Gasteiger partial charge in [0.2, 0.25) is 5.82 Å². The summed E-state index contributed by atoms with van der Waals surface area (Å²) in [5.41, 5.74) is -8.16. The minimum atomic E-state index is -5.94. The number of anilines is 1. The van der Waals surface area contributed by atoms with E-state index in [1.54, 1.807) is 0 Å². The zero-order chi connectivity index (χ0) is 27.9. The van der Waals surface area contributed by atoms with E-state index in [1.807, 2.05) is 0 Å². The molecule has 1 aromatic heterocycles. The number of aromatic nitrogens is 2. The number of aryl methyl sites for hydroxylation is 2. The largest absolute Gasteiger partial charge is 0.426 e. The van der Waals surface area contributed by atoms with Gasteiger partial charge in [-0.2, -0.15) is 35.8 Å². The number of hydrogen-bond acceptors (Lipinski definition) is 4. The lowest BCUT2D eigenvalue weighted by atomic mass is 9.85. The number of halogens is 8. The molecule has 0 aliphatic heterocycles. The fourth-order valence-electron chi connectivity index (χ4n) is 3.91. The summed E-state index contributed by atoms with van der Waals surface area (Å²) in [5, 5.41) is 15.9. The number of alkyl halides is 6. The van der Waals surface area contributed by atoms with Gasteiger partial charge in [0.15, 0.2) is 0 Å². The van der Waals surface area contributed by atoms with Gasteiger partial charge in [-0.25, -0.2) is 4.68 Å². The monoisotopic (exact) mass is 552 g/mol. The summed E-state index contributed by atoms with van der Waals surface area (Å²) in [6.45, 7) is 2.56. The number of rotatable bonds is 6. The second-order valence-corrected chi connectivity index (χ2v) is 8.28. The number of nitro groups is 1. The standard InChI is InChI=1S/C22H16ClF7N4O3/c1-3-12-8-13(20(21(25,26)27,22(28,29)30)33-10-14(23)9-31-33)7-11(2)18(12)32-19(35)15-5-4-6-16(17(15)24)34(36)37/h4-10H,3H2,1-2H3,(H,32,35). The first-order valence-electron chi connectivity index (χ1n) is 10.3. The van der Waals surface area contributed by atoms with Crippen LogP contribution in [0, 0.1) is 22.9 Å². The van der Waals surface area contributed by atoms with Crippen LogP contribution in [0.25, 0.3) is 0 Å². The van der Waals surface area contributed by atoms with Gasteiger partial charge in [-0.3, -0.25) is 14.9 Å². The Morgan fingerprint density at radius 1 is 1.16 bits per heavy atom. The third-order valence-corrected chi connectivity index (χ3v) is 5.78. The summed E-state index contributed by atoms with van der Waals surface area (Å²) in [5.74, 6) is -2.65. The van der Waals surface area contributed by atoms with Crippen LogP contribution in [-0.2, 0) is 12.0 Å². The van der Waals surface area contributed by atoms with Crippen molar-refractivity contribution in [2.75, 3.05) is 5.32 Å². The average Bonchev–Trinajstić information content (AvgIpc) is 3.19. The number of benzene rings is 2. The van der Waals surface area contributed by atoms with Crippen molar-refractivity contribution >= 4 is 28.9 Å². The molecular weight excluding hydrogens is 537 g/mol. The van der Waals surface area contributed by atoms with Crippen LogP contribution in [0.1, 0.15) is 34.0 Å². The van der Waals surface area contributed by atoms with Gasteiger partial charge in [-0.05, 0) is 36.1 Å². The smallest absolute Gasteiger partial charge is 0.321 e. The van der Waals surface area contributed by atoms with E-state index >= 15 is 0 Å². The molecular formula is C22H16ClF7N4O3. The predicted octanol–water partition coefficient (Wildman–Crippen LogP) is 6.58. The first-order valence-corrected chi connectivity index (χ1v) is 10.7. The molecule has 1 N–H and O–H groups in total. The Labute approximate surface area is 209 Å². The van der Waals surface area contributed by atoms with Gasteiger partial charge in [-0.1, -0.05) is 36.7 Å². The maximum Gasteiger partial charge on any atom is 0.426 e. The molecule has 0 radical (unpaired) electrons. The van der Waals surface area contributed by atoms with E-state index in [1.165, 1.54) is 6.92 Å². The van der Waals surface area contributed by atoms with Crippen molar-refractivity contribution in [2.45, 2.75) is 38.2 Å². The molecule has 3 aromatic rings. The van der Waals surface area contributed by atoms with Gasteiger partial charge in [0.1, 0.15) is 0 Å². The van der Waals surface area contributed by atoms with Gasteiger partial charge in [0.05, 0.1) is 21.7 Å². The fourth-order valence-corrected chi connectivity index (χ4v) is 4.04. The highest BCUT2D eigenvalue weighted by atomic mass is 35.5. The van der Waals surface area contributed by atoms with Gasteiger partial charge in [0, 0.05) is 18.0 Å². The summed E-state index contributed by atoms with van der Waals surface area (Å²) >= 11 is 5.59. The Morgan fingerprint density at radius 3 is 2.27 bits per heavy atom. The van der Waals surface area contributed by atoms with Crippen LogP contribution in [0.5, 0.6) is 0 Å². The molecule has 2 aromatic carbocycles. The van der Waals surface area contributed by atoms with E-state index in [-0.39, 0.29) is 27.9 Å². The normalized spacial score (nSPS) is 12.5. The first kappa shape index (κ1) is 27.9. The zero-order valence-corrected chi connectivity index (χ0v) is 19.6. The van der Waals surface area contributed by atoms with Gasteiger partial charge in [-0.15, -0.1) is 0 Å². The maximum atomic E-state index is 14.5. The molecule has 37 heavy (non-hydrogen) atoms. The predicted molar refractivity (Wildman–Crippen MR) is 118 cm³/mol. The number of carbonyl (C=O) groups is 1. The number of nitrogens with one attached hydrogen (secondary N) is 1. The molecule has 0 spiro atoms. The lowest BCUT2D eigenvalue weighted by molar-refractivity contribution is -0.387. The van der Waals surface area contributed by atoms with Crippen molar-refractivity contribution in [1.29, 1.82) is 0 Å². The van der Waals surface area contributed by atoms with E-state index in [0.29, 0.717) is 24.5 Å². The molecule has 3 rings (SSSR count). The molecule has 0 unspecified atom stereocenters. The molecule has 0 saturated carbocycles. The van der Waals surface area contributed by atoms with Crippen LogP contribution >= 0.6 is 11.6 Å². The number of carbonyl (C=O) groups excluding carboxylic acids is 1. The van der Waals surface area contributed by atoms with Gasteiger partial charge >= 0.3 is 18.0 Å². The third kappa shape index (κ3) is 4.72. The Hall–Kier alpha value is -3.68. The summed E-state index contributed by atoms with van der Waals surface area (Å²) in [4.78, 5) is 22.6. The quantitative estimate of drug-likeness (QED) is 0.213. The average molecular weight is 553 g/mol. The summed E-state index contributed by atoms with van der Waals surface area (Å²) < 4.78 is 100.0. The van der Waals surface area contributed by atoms with Crippen LogP contribution in [0.4, 0.5) is 42.1 Å². The molecule has 0 fully saturated rings. The molecule has 0 saturated heterocycles. The number of nitro benzene ring substituents is 1. The maximum absolute atomic E-state index is 14.5. The molecule has 0 aliphatic carbocycles. The molecule has 7 nitrogen and oxygen atoms in total. The van der Waals surface area contributed by atoms with Crippen LogP contribution in [-0.4, -0.2) is 33.0 Å². The van der Waals surface area contributed by atoms with E-state index < -0.39 is 56.4 Å². The van der Waals surface area contributed by atoms with E-state index in [4.69, 9.17) is 11.6 Å². The summed E-state index contributed by atoms with van der Waals surface area (Å²) in [7, 11) is 0. The van der Waals surface area contributed by atoms with Gasteiger partial charge in [0.25, 0.3) is 11.4 Å².